The van der Waals surface area contributed by atoms with E-state index in [0.717, 1.165) is 30.4 Å². The highest BCUT2D eigenvalue weighted by molar-refractivity contribution is 5.93. The van der Waals surface area contributed by atoms with Crippen LogP contribution in [0.3, 0.4) is 0 Å². The normalized spacial score (nSPS) is 25.6. The molecule has 0 radical (unpaired) electrons. The first-order chi connectivity index (χ1) is 14.7. The Kier molecular flexibility index (Phi) is 4.75. The number of likely N-dealkylation sites (tertiary alicyclic amines) is 1. The molecule has 0 unspecified atom stereocenters. The van der Waals surface area contributed by atoms with Gasteiger partial charge in [0.25, 0.3) is 5.91 Å². The van der Waals surface area contributed by atoms with Crippen LogP contribution in [0.5, 0.6) is 0 Å². The molecule has 5 rings (SSSR count). The van der Waals surface area contributed by atoms with Gasteiger partial charge in [0, 0.05) is 37.6 Å². The molecule has 1 aliphatic carbocycles. The minimum absolute atomic E-state index is 0.0559. The Morgan fingerprint density at radius 3 is 2.48 bits per heavy atom. The molecule has 2 fully saturated rings. The van der Waals surface area contributed by atoms with Gasteiger partial charge < -0.3 is 10.2 Å². The summed E-state index contributed by atoms with van der Waals surface area (Å²) in [5.41, 5.74) is 1.18. The summed E-state index contributed by atoms with van der Waals surface area (Å²) < 4.78 is 42.3. The zero-order chi connectivity index (χ0) is 21.8. The second-order valence-corrected chi connectivity index (χ2v) is 9.35. The summed E-state index contributed by atoms with van der Waals surface area (Å²) in [4.78, 5) is 18.8. The van der Waals surface area contributed by atoms with Gasteiger partial charge in [0.15, 0.2) is 11.7 Å². The highest BCUT2D eigenvalue weighted by Crippen LogP contribution is 2.54. The lowest BCUT2D eigenvalue weighted by Crippen LogP contribution is -2.42. The van der Waals surface area contributed by atoms with Crippen molar-refractivity contribution in [2.45, 2.75) is 63.2 Å². The summed E-state index contributed by atoms with van der Waals surface area (Å²) in [5, 5.41) is 7.35. The maximum Gasteiger partial charge on any atom is 0.410 e. The van der Waals surface area contributed by atoms with Gasteiger partial charge >= 0.3 is 6.18 Å². The Balaban J connectivity index is 1.33. The molecule has 0 bridgehead atoms. The number of anilines is 1. The van der Waals surface area contributed by atoms with E-state index in [4.69, 9.17) is 0 Å². The fourth-order valence-corrected chi connectivity index (χ4v) is 4.90. The van der Waals surface area contributed by atoms with Crippen LogP contribution in [0.25, 0.3) is 0 Å². The molecule has 1 saturated heterocycles. The van der Waals surface area contributed by atoms with E-state index in [1.54, 1.807) is 17.3 Å². The molecule has 6 nitrogen and oxygen atoms in total. The minimum atomic E-state index is -4.41. The molecule has 2 atom stereocenters. The van der Waals surface area contributed by atoms with Crippen LogP contribution in [-0.2, 0) is 0 Å². The molecule has 0 spiro atoms. The number of halogens is 3. The Hall–Kier alpha value is -2.58. The monoisotopic (exact) mass is 433 g/mol. The number of piperidine rings is 1. The van der Waals surface area contributed by atoms with E-state index in [-0.39, 0.29) is 29.5 Å². The first-order valence-electron chi connectivity index (χ1n) is 10.9. The van der Waals surface area contributed by atoms with Crippen molar-refractivity contribution in [1.29, 1.82) is 0 Å². The summed E-state index contributed by atoms with van der Waals surface area (Å²) in [6, 6.07) is 3.51. The van der Waals surface area contributed by atoms with Gasteiger partial charge in [0.05, 0.1) is 0 Å². The van der Waals surface area contributed by atoms with Gasteiger partial charge in [-0.1, -0.05) is 6.92 Å². The van der Waals surface area contributed by atoms with Crippen LogP contribution in [-0.4, -0.2) is 50.9 Å². The molecule has 166 valence electrons. The van der Waals surface area contributed by atoms with Crippen LogP contribution < -0.4 is 5.32 Å². The number of amides is 1. The number of nitrogens with one attached hydrogen (secondary N) is 1. The van der Waals surface area contributed by atoms with Gasteiger partial charge in [-0.2, -0.15) is 18.3 Å². The summed E-state index contributed by atoms with van der Waals surface area (Å²) in [7, 11) is 0. The molecule has 3 aliphatic rings. The van der Waals surface area contributed by atoms with Gasteiger partial charge in [-0.25, -0.2) is 4.68 Å². The van der Waals surface area contributed by atoms with E-state index in [1.807, 2.05) is 19.1 Å². The molecule has 2 aromatic heterocycles. The predicted molar refractivity (Wildman–Crippen MR) is 109 cm³/mol. The summed E-state index contributed by atoms with van der Waals surface area (Å²) in [6.45, 7) is 3.14. The van der Waals surface area contributed by atoms with E-state index in [2.05, 4.69) is 15.4 Å². The SMILES string of the molecule is CC1([C@@H]2C[C@H](C(F)(F)F)n3nc(C(=O)N4CCC(c5ccncc5)CC4)cc3N2)CC1. The molecule has 9 heteroatoms. The molecular weight excluding hydrogens is 407 g/mol. The fraction of sp³-hybridized carbons (Fsp3) is 0.591. The maximum atomic E-state index is 13.8. The van der Waals surface area contributed by atoms with Crippen molar-refractivity contribution >= 4 is 11.7 Å². The van der Waals surface area contributed by atoms with Gasteiger partial charge in [-0.15, -0.1) is 0 Å². The third-order valence-electron chi connectivity index (χ3n) is 7.25. The van der Waals surface area contributed by atoms with Gasteiger partial charge in [0.2, 0.25) is 0 Å². The standard InChI is InChI=1S/C22H26F3N5O/c1-21(6-7-21)17-13-18(22(23,24)25)30-19(27-17)12-16(28-30)20(31)29-10-4-15(5-11-29)14-2-8-26-9-3-14/h2-3,8-9,12,15,17-18,27H,4-7,10-11,13H2,1H3/t17-,18+/m0/s1. The third-order valence-corrected chi connectivity index (χ3v) is 7.25. The molecular formula is C22H26F3N5O. The summed E-state index contributed by atoms with van der Waals surface area (Å²) >= 11 is 0. The summed E-state index contributed by atoms with van der Waals surface area (Å²) in [6.07, 6.45) is 2.53. The van der Waals surface area contributed by atoms with E-state index in [9.17, 15) is 18.0 Å². The van der Waals surface area contributed by atoms with Gasteiger partial charge in [-0.3, -0.25) is 9.78 Å². The Labute approximate surface area is 178 Å². The first-order valence-corrected chi connectivity index (χ1v) is 10.9. The van der Waals surface area contributed by atoms with Crippen molar-refractivity contribution in [3.05, 3.63) is 41.9 Å². The number of hydrogen-bond donors (Lipinski definition) is 1. The number of hydrogen-bond acceptors (Lipinski definition) is 4. The number of pyridine rings is 1. The number of carbonyl (C=O) groups excluding carboxylic acids is 1. The van der Waals surface area contributed by atoms with Crippen molar-refractivity contribution < 1.29 is 18.0 Å². The van der Waals surface area contributed by atoms with Gasteiger partial charge in [0.1, 0.15) is 5.82 Å². The lowest BCUT2D eigenvalue weighted by molar-refractivity contribution is -0.174. The second kappa shape index (κ2) is 7.24. The van der Waals surface area contributed by atoms with Crippen LogP contribution >= 0.6 is 0 Å². The highest BCUT2D eigenvalue weighted by Gasteiger charge is 2.53. The number of aromatic nitrogens is 3. The van der Waals surface area contributed by atoms with Crippen LogP contribution in [0.2, 0.25) is 0 Å². The second-order valence-electron chi connectivity index (χ2n) is 9.35. The molecule has 1 amide bonds. The lowest BCUT2D eigenvalue weighted by Gasteiger charge is -2.36. The largest absolute Gasteiger partial charge is 0.410 e. The average molecular weight is 433 g/mol. The average Bonchev–Trinajstić information content (AvgIpc) is 3.37. The van der Waals surface area contributed by atoms with Crippen LogP contribution in [0.4, 0.5) is 19.0 Å². The van der Waals surface area contributed by atoms with Crippen LogP contribution in [0.15, 0.2) is 30.6 Å². The molecule has 4 heterocycles. The Bertz CT molecular complexity index is 961. The zero-order valence-corrected chi connectivity index (χ0v) is 17.4. The maximum absolute atomic E-state index is 13.8. The van der Waals surface area contributed by atoms with Crippen molar-refractivity contribution in [3.8, 4) is 0 Å². The minimum Gasteiger partial charge on any atom is -0.367 e. The quantitative estimate of drug-likeness (QED) is 0.780. The molecule has 2 aliphatic heterocycles. The third kappa shape index (κ3) is 3.78. The van der Waals surface area contributed by atoms with E-state index >= 15 is 0 Å². The van der Waals surface area contributed by atoms with Crippen molar-refractivity contribution in [1.82, 2.24) is 19.7 Å². The smallest absolute Gasteiger partial charge is 0.367 e. The summed E-state index contributed by atoms with van der Waals surface area (Å²) in [5.74, 6) is 0.354. The molecule has 0 aromatic carbocycles. The van der Waals surface area contributed by atoms with Crippen molar-refractivity contribution in [2.24, 2.45) is 5.41 Å². The van der Waals surface area contributed by atoms with Crippen molar-refractivity contribution in [3.63, 3.8) is 0 Å². The van der Waals surface area contributed by atoms with Crippen molar-refractivity contribution in [2.75, 3.05) is 18.4 Å². The first kappa shape index (κ1) is 20.3. The number of nitrogens with zero attached hydrogens (tertiary/aromatic N) is 4. The number of rotatable bonds is 3. The number of fused-ring (bicyclic) bond motifs is 1. The molecule has 2 aromatic rings. The fourth-order valence-electron chi connectivity index (χ4n) is 4.90. The van der Waals surface area contributed by atoms with E-state index in [0.29, 0.717) is 24.8 Å². The lowest BCUT2D eigenvalue weighted by atomic mass is 9.90. The Morgan fingerprint density at radius 1 is 1.19 bits per heavy atom. The predicted octanol–water partition coefficient (Wildman–Crippen LogP) is 4.39. The van der Waals surface area contributed by atoms with E-state index in [1.165, 1.54) is 11.6 Å². The molecule has 1 saturated carbocycles. The number of alkyl halides is 3. The van der Waals surface area contributed by atoms with Gasteiger partial charge in [-0.05, 0) is 61.1 Å². The number of carbonyl (C=O) groups is 1. The van der Waals surface area contributed by atoms with Crippen LogP contribution in [0.1, 0.15) is 67.0 Å². The molecule has 1 N–H and O–H groups in total. The Morgan fingerprint density at radius 2 is 1.87 bits per heavy atom. The van der Waals surface area contributed by atoms with Crippen LogP contribution in [0, 0.1) is 5.41 Å². The molecule has 31 heavy (non-hydrogen) atoms. The highest BCUT2D eigenvalue weighted by atomic mass is 19.4. The van der Waals surface area contributed by atoms with E-state index < -0.39 is 12.2 Å². The topological polar surface area (TPSA) is 63.1 Å². The zero-order valence-electron chi connectivity index (χ0n) is 17.4.